The Labute approximate surface area is 141 Å². The summed E-state index contributed by atoms with van der Waals surface area (Å²) in [6, 6.07) is 15.2. The summed E-state index contributed by atoms with van der Waals surface area (Å²) in [4.78, 5) is 23.4. The number of hydrazine groups is 1. The van der Waals surface area contributed by atoms with Gasteiger partial charge in [-0.2, -0.15) is 0 Å². The minimum Gasteiger partial charge on any atom is -0.483 e. The van der Waals surface area contributed by atoms with Crippen molar-refractivity contribution in [1.82, 2.24) is 10.9 Å². The Morgan fingerprint density at radius 2 is 1.62 bits per heavy atom. The maximum Gasteiger partial charge on any atom is 0.276 e. The van der Waals surface area contributed by atoms with Crippen LogP contribution in [0.2, 0.25) is 0 Å². The summed E-state index contributed by atoms with van der Waals surface area (Å²) in [7, 11) is 0. The van der Waals surface area contributed by atoms with Crippen LogP contribution in [0.4, 0.5) is 0 Å². The van der Waals surface area contributed by atoms with Gasteiger partial charge in [0.15, 0.2) is 6.61 Å². The molecule has 0 saturated heterocycles. The van der Waals surface area contributed by atoms with Gasteiger partial charge in [0.2, 0.25) is 0 Å². The summed E-state index contributed by atoms with van der Waals surface area (Å²) in [5.74, 6) is -0.165. The third kappa shape index (κ3) is 5.28. The quantitative estimate of drug-likeness (QED) is 0.656. The standard InChI is InChI=1S/C19H20N2O3/c1-14-7-6-8-15(2)19(14)24-13-18(23)21-20-17(22)12-11-16-9-4-3-5-10-16/h3-12H,13H2,1-2H3,(H,20,22)(H,21,23)/b12-11+. The molecule has 0 saturated carbocycles. The van der Waals surface area contributed by atoms with Gasteiger partial charge in [0.05, 0.1) is 0 Å². The normalized spacial score (nSPS) is 10.4. The second kappa shape index (κ2) is 8.53. The lowest BCUT2D eigenvalue weighted by Gasteiger charge is -2.11. The Balaban J connectivity index is 1.77. The number of benzene rings is 2. The van der Waals surface area contributed by atoms with Crippen LogP contribution in [0.5, 0.6) is 5.75 Å². The van der Waals surface area contributed by atoms with Crippen molar-refractivity contribution in [1.29, 1.82) is 0 Å². The lowest BCUT2D eigenvalue weighted by Crippen LogP contribution is -2.43. The summed E-state index contributed by atoms with van der Waals surface area (Å²) >= 11 is 0. The van der Waals surface area contributed by atoms with Crippen molar-refractivity contribution in [3.05, 3.63) is 71.3 Å². The van der Waals surface area contributed by atoms with Gasteiger partial charge in [0, 0.05) is 6.08 Å². The monoisotopic (exact) mass is 324 g/mol. The number of nitrogens with one attached hydrogen (secondary N) is 2. The van der Waals surface area contributed by atoms with Crippen LogP contribution in [0.1, 0.15) is 16.7 Å². The molecular weight excluding hydrogens is 304 g/mol. The van der Waals surface area contributed by atoms with Crippen LogP contribution in [-0.4, -0.2) is 18.4 Å². The van der Waals surface area contributed by atoms with Crippen LogP contribution in [0, 0.1) is 13.8 Å². The van der Waals surface area contributed by atoms with Crippen LogP contribution in [0.3, 0.4) is 0 Å². The molecule has 0 aliphatic carbocycles. The van der Waals surface area contributed by atoms with Crippen molar-refractivity contribution in [2.75, 3.05) is 6.61 Å². The minimum atomic E-state index is -0.431. The fourth-order valence-corrected chi connectivity index (χ4v) is 2.11. The first-order chi connectivity index (χ1) is 11.6. The molecule has 0 unspecified atom stereocenters. The van der Waals surface area contributed by atoms with E-state index in [1.165, 1.54) is 6.08 Å². The van der Waals surface area contributed by atoms with Crippen LogP contribution < -0.4 is 15.6 Å². The van der Waals surface area contributed by atoms with Gasteiger partial charge in [0.25, 0.3) is 11.8 Å². The molecule has 0 heterocycles. The molecule has 2 rings (SSSR count). The van der Waals surface area contributed by atoms with E-state index in [-0.39, 0.29) is 6.61 Å². The van der Waals surface area contributed by atoms with Gasteiger partial charge in [-0.15, -0.1) is 0 Å². The van der Waals surface area contributed by atoms with Gasteiger partial charge in [-0.05, 0) is 36.6 Å². The summed E-state index contributed by atoms with van der Waals surface area (Å²) in [6.07, 6.45) is 3.01. The zero-order valence-corrected chi connectivity index (χ0v) is 13.7. The number of carbonyl (C=O) groups excluding carboxylic acids is 2. The summed E-state index contributed by atoms with van der Waals surface area (Å²) < 4.78 is 5.51. The van der Waals surface area contributed by atoms with Crippen molar-refractivity contribution >= 4 is 17.9 Å². The van der Waals surface area contributed by atoms with Gasteiger partial charge in [-0.1, -0.05) is 48.5 Å². The van der Waals surface area contributed by atoms with E-state index in [1.54, 1.807) is 6.08 Å². The van der Waals surface area contributed by atoms with Gasteiger partial charge in [0.1, 0.15) is 5.75 Å². The molecule has 0 radical (unpaired) electrons. The highest BCUT2D eigenvalue weighted by atomic mass is 16.5. The molecule has 0 aromatic heterocycles. The highest BCUT2D eigenvalue weighted by Gasteiger charge is 2.07. The Morgan fingerprint density at radius 3 is 2.29 bits per heavy atom. The summed E-state index contributed by atoms with van der Waals surface area (Å²) in [6.45, 7) is 3.65. The number of ether oxygens (including phenoxy) is 1. The van der Waals surface area contributed by atoms with Crippen molar-refractivity contribution < 1.29 is 14.3 Å². The Morgan fingerprint density at radius 1 is 0.958 bits per heavy atom. The summed E-state index contributed by atoms with van der Waals surface area (Å²) in [5, 5.41) is 0. The molecule has 2 aromatic rings. The highest BCUT2D eigenvalue weighted by molar-refractivity contribution is 5.93. The molecule has 0 aliphatic rings. The number of hydrogen-bond acceptors (Lipinski definition) is 3. The lowest BCUT2D eigenvalue weighted by atomic mass is 10.1. The fourth-order valence-electron chi connectivity index (χ4n) is 2.11. The van der Waals surface area contributed by atoms with Gasteiger partial charge in [-0.25, -0.2) is 0 Å². The van der Waals surface area contributed by atoms with Crippen molar-refractivity contribution in [3.8, 4) is 5.75 Å². The predicted molar refractivity (Wildman–Crippen MR) is 93.2 cm³/mol. The number of aryl methyl sites for hydroxylation is 2. The number of carbonyl (C=O) groups is 2. The Hall–Kier alpha value is -3.08. The molecule has 124 valence electrons. The molecule has 0 spiro atoms. The van der Waals surface area contributed by atoms with E-state index in [1.807, 2.05) is 62.4 Å². The van der Waals surface area contributed by atoms with E-state index in [0.717, 1.165) is 16.7 Å². The van der Waals surface area contributed by atoms with Crippen LogP contribution in [0.15, 0.2) is 54.6 Å². The first kappa shape index (κ1) is 17.3. The molecule has 24 heavy (non-hydrogen) atoms. The molecule has 2 aromatic carbocycles. The third-order valence-electron chi connectivity index (χ3n) is 3.31. The summed E-state index contributed by atoms with van der Waals surface area (Å²) in [5.41, 5.74) is 7.44. The maximum atomic E-state index is 11.7. The second-order valence-corrected chi connectivity index (χ2v) is 5.29. The molecule has 0 fully saturated rings. The van der Waals surface area contributed by atoms with E-state index in [0.29, 0.717) is 5.75 Å². The third-order valence-corrected chi connectivity index (χ3v) is 3.31. The van der Waals surface area contributed by atoms with Crippen LogP contribution >= 0.6 is 0 Å². The van der Waals surface area contributed by atoms with E-state index in [2.05, 4.69) is 10.9 Å². The van der Waals surface area contributed by atoms with Gasteiger partial charge in [-0.3, -0.25) is 20.4 Å². The van der Waals surface area contributed by atoms with Crippen molar-refractivity contribution in [2.45, 2.75) is 13.8 Å². The number of para-hydroxylation sites is 1. The molecule has 0 atom stereocenters. The Bertz CT molecular complexity index is 719. The van der Waals surface area contributed by atoms with Gasteiger partial charge < -0.3 is 4.74 Å². The fraction of sp³-hybridized carbons (Fsp3) is 0.158. The smallest absolute Gasteiger partial charge is 0.276 e. The van der Waals surface area contributed by atoms with Crippen LogP contribution in [0.25, 0.3) is 6.08 Å². The SMILES string of the molecule is Cc1cccc(C)c1OCC(=O)NNC(=O)/C=C/c1ccccc1. The number of rotatable bonds is 5. The number of amides is 2. The average Bonchev–Trinajstić information content (AvgIpc) is 2.58. The average molecular weight is 324 g/mol. The Kier molecular flexibility index (Phi) is 6.14. The molecular formula is C19H20N2O3. The minimum absolute atomic E-state index is 0.172. The zero-order valence-electron chi connectivity index (χ0n) is 13.7. The zero-order chi connectivity index (χ0) is 17.4. The van der Waals surface area contributed by atoms with Gasteiger partial charge >= 0.3 is 0 Å². The maximum absolute atomic E-state index is 11.7. The van der Waals surface area contributed by atoms with E-state index in [4.69, 9.17) is 4.74 Å². The first-order valence-electron chi connectivity index (χ1n) is 7.57. The van der Waals surface area contributed by atoms with E-state index < -0.39 is 11.8 Å². The number of hydrogen-bond donors (Lipinski definition) is 2. The first-order valence-corrected chi connectivity index (χ1v) is 7.57. The van der Waals surface area contributed by atoms with E-state index >= 15 is 0 Å². The van der Waals surface area contributed by atoms with Crippen LogP contribution in [-0.2, 0) is 9.59 Å². The lowest BCUT2D eigenvalue weighted by molar-refractivity contribution is -0.128. The predicted octanol–water partition coefficient (Wildman–Crippen LogP) is 2.54. The molecule has 0 bridgehead atoms. The molecule has 5 nitrogen and oxygen atoms in total. The molecule has 0 aliphatic heterocycles. The molecule has 5 heteroatoms. The molecule has 2 N–H and O–H groups in total. The largest absolute Gasteiger partial charge is 0.483 e. The highest BCUT2D eigenvalue weighted by Crippen LogP contribution is 2.21. The topological polar surface area (TPSA) is 67.4 Å². The second-order valence-electron chi connectivity index (χ2n) is 5.29. The van der Waals surface area contributed by atoms with E-state index in [9.17, 15) is 9.59 Å². The van der Waals surface area contributed by atoms with Crippen molar-refractivity contribution in [2.24, 2.45) is 0 Å². The van der Waals surface area contributed by atoms with Crippen molar-refractivity contribution in [3.63, 3.8) is 0 Å². The molecule has 2 amide bonds.